The molecule has 502 valence electrons. The largest absolute Gasteiger partial charge is 0.472 e. The predicted molar refractivity (Wildman–Crippen MR) is 380 cm³/mol. The molecule has 0 heterocycles. The van der Waals surface area contributed by atoms with E-state index >= 15 is 0 Å². The number of phosphoric acid groups is 1. The van der Waals surface area contributed by atoms with Crippen LogP contribution in [0.15, 0.2) is 146 Å². The van der Waals surface area contributed by atoms with Crippen LogP contribution in [0, 0.1) is 0 Å². The van der Waals surface area contributed by atoms with Crippen molar-refractivity contribution in [2.45, 2.75) is 290 Å². The zero-order valence-electron chi connectivity index (χ0n) is 57.2. The molecule has 0 aromatic carbocycles. The number of allylic oxidation sites excluding steroid dienone is 24. The molecule has 88 heavy (non-hydrogen) atoms. The molecule has 0 spiro atoms. The smallest absolute Gasteiger partial charge is 0.462 e. The summed E-state index contributed by atoms with van der Waals surface area (Å²) in [5, 5.41) is 0. The van der Waals surface area contributed by atoms with Crippen LogP contribution in [0.2, 0.25) is 0 Å². The van der Waals surface area contributed by atoms with E-state index < -0.39 is 26.5 Å². The van der Waals surface area contributed by atoms with E-state index in [1.54, 1.807) is 0 Å². The standard InChI is InChI=1S/C78H132NO8P/c1-6-8-10-12-14-16-18-20-22-24-26-28-30-32-33-34-35-36-37-38-39-40-41-42-43-44-45-47-49-51-53-55-57-59-61-63-65-67-69-71-78(81)87-76(75-86-88(82,83)85-73-72-79(3,4)5)74-84-77(80)70-68-66-64-62-60-58-56-54-52-50-48-46-31-29-27-25-23-21-19-17-15-13-11-9-7-2/h8-11,14-17,20-23,26-29,32-33,35-36,46,48,52,54,76H,6-7,12-13,18-19,24-25,30-31,34,37-45,47,49-51,53,55-75H2,1-5H3/p+1/b10-8-,11-9-,16-14-,17-15-,22-20-,23-21-,28-26-,29-27-,33-32-,36-35-,48-46-,54-52-. The molecule has 0 radical (unpaired) electrons. The first-order chi connectivity index (χ1) is 43.0. The van der Waals surface area contributed by atoms with E-state index in [1.807, 2.05) is 21.1 Å². The lowest BCUT2D eigenvalue weighted by Gasteiger charge is -2.24. The maximum absolute atomic E-state index is 12.9. The van der Waals surface area contributed by atoms with Gasteiger partial charge in [-0.15, -0.1) is 0 Å². The molecule has 0 aromatic rings. The number of ether oxygens (including phenoxy) is 2. The Hall–Kier alpha value is -4.11. The van der Waals surface area contributed by atoms with E-state index in [2.05, 4.69) is 160 Å². The molecule has 0 saturated carbocycles. The number of unbranched alkanes of at least 4 members (excludes halogenated alkanes) is 26. The lowest BCUT2D eigenvalue weighted by Crippen LogP contribution is -2.37. The van der Waals surface area contributed by atoms with E-state index in [1.165, 1.54) is 109 Å². The summed E-state index contributed by atoms with van der Waals surface area (Å²) in [4.78, 5) is 35.9. The second kappa shape index (κ2) is 67.3. The van der Waals surface area contributed by atoms with Gasteiger partial charge in [0, 0.05) is 12.8 Å². The molecule has 0 bridgehead atoms. The highest BCUT2D eigenvalue weighted by atomic mass is 31.2. The summed E-state index contributed by atoms with van der Waals surface area (Å²) in [6.07, 6.45) is 99.5. The van der Waals surface area contributed by atoms with Crippen molar-refractivity contribution >= 4 is 19.8 Å². The molecule has 0 aliphatic heterocycles. The highest BCUT2D eigenvalue weighted by Gasteiger charge is 2.27. The highest BCUT2D eigenvalue weighted by Crippen LogP contribution is 2.43. The van der Waals surface area contributed by atoms with E-state index in [9.17, 15) is 19.0 Å². The van der Waals surface area contributed by atoms with Crippen LogP contribution in [0.5, 0.6) is 0 Å². The first-order valence-corrected chi connectivity index (χ1v) is 37.1. The van der Waals surface area contributed by atoms with Crippen LogP contribution in [0.3, 0.4) is 0 Å². The molecule has 2 atom stereocenters. The molecule has 0 amide bonds. The van der Waals surface area contributed by atoms with E-state index in [0.29, 0.717) is 23.9 Å². The van der Waals surface area contributed by atoms with Gasteiger partial charge in [-0.2, -0.15) is 0 Å². The van der Waals surface area contributed by atoms with Crippen molar-refractivity contribution in [3.63, 3.8) is 0 Å². The maximum atomic E-state index is 12.9. The minimum atomic E-state index is -4.40. The minimum Gasteiger partial charge on any atom is -0.462 e. The second-order valence-electron chi connectivity index (χ2n) is 24.5. The zero-order chi connectivity index (χ0) is 64.1. The van der Waals surface area contributed by atoms with Crippen LogP contribution in [0.4, 0.5) is 0 Å². The molecule has 9 nitrogen and oxygen atoms in total. The number of carbonyl (C=O) groups excluding carboxylic acids is 2. The molecule has 0 aliphatic rings. The third-order valence-electron chi connectivity index (χ3n) is 14.9. The van der Waals surface area contributed by atoms with Gasteiger partial charge in [0.25, 0.3) is 0 Å². The highest BCUT2D eigenvalue weighted by molar-refractivity contribution is 7.47. The lowest BCUT2D eigenvalue weighted by molar-refractivity contribution is -0.870. The first-order valence-electron chi connectivity index (χ1n) is 35.6. The fraction of sp³-hybridized carbons (Fsp3) is 0.667. The Morgan fingerprint density at radius 2 is 0.614 bits per heavy atom. The van der Waals surface area contributed by atoms with E-state index in [4.69, 9.17) is 18.5 Å². The number of hydrogen-bond acceptors (Lipinski definition) is 7. The van der Waals surface area contributed by atoms with E-state index in [0.717, 1.165) is 135 Å². The summed E-state index contributed by atoms with van der Waals surface area (Å²) in [6.45, 7) is 4.20. The van der Waals surface area contributed by atoms with Gasteiger partial charge in [0.2, 0.25) is 0 Å². The van der Waals surface area contributed by atoms with Crippen LogP contribution >= 0.6 is 7.82 Å². The summed E-state index contributed by atoms with van der Waals surface area (Å²) in [6, 6.07) is 0. The Bertz CT molecular complexity index is 2000. The number of esters is 2. The third kappa shape index (κ3) is 71.0. The number of likely N-dealkylation sites (N-methyl/N-ethyl adjacent to an activating group) is 1. The molecule has 2 unspecified atom stereocenters. The quantitative estimate of drug-likeness (QED) is 0.0211. The molecule has 0 rings (SSSR count). The van der Waals surface area contributed by atoms with Gasteiger partial charge in [-0.25, -0.2) is 4.57 Å². The summed E-state index contributed by atoms with van der Waals surface area (Å²) >= 11 is 0. The van der Waals surface area contributed by atoms with Crippen LogP contribution in [0.25, 0.3) is 0 Å². The van der Waals surface area contributed by atoms with Crippen molar-refractivity contribution < 1.29 is 42.1 Å². The van der Waals surface area contributed by atoms with Crippen LogP contribution in [-0.2, 0) is 32.7 Å². The Kier molecular flexibility index (Phi) is 64.1. The van der Waals surface area contributed by atoms with Crippen LogP contribution < -0.4 is 0 Å². The van der Waals surface area contributed by atoms with Gasteiger partial charge in [0.1, 0.15) is 19.8 Å². The van der Waals surface area contributed by atoms with Crippen molar-refractivity contribution in [2.24, 2.45) is 0 Å². The average molecular weight is 1240 g/mol. The molecule has 10 heteroatoms. The predicted octanol–water partition coefficient (Wildman–Crippen LogP) is 23.4. The molecule has 0 saturated heterocycles. The van der Waals surface area contributed by atoms with Gasteiger partial charge in [0.15, 0.2) is 6.10 Å². The number of phosphoric ester groups is 1. The molecular weight excluding hydrogens is 1110 g/mol. The van der Waals surface area contributed by atoms with Crippen LogP contribution in [-0.4, -0.2) is 74.9 Å². The van der Waals surface area contributed by atoms with Gasteiger partial charge < -0.3 is 18.9 Å². The first kappa shape index (κ1) is 83.9. The summed E-state index contributed by atoms with van der Waals surface area (Å²) in [5.41, 5.74) is 0. The maximum Gasteiger partial charge on any atom is 0.472 e. The van der Waals surface area contributed by atoms with Crippen molar-refractivity contribution in [3.8, 4) is 0 Å². The Morgan fingerprint density at radius 1 is 0.352 bits per heavy atom. The second-order valence-corrected chi connectivity index (χ2v) is 26.0. The van der Waals surface area contributed by atoms with Crippen molar-refractivity contribution in [1.29, 1.82) is 0 Å². The van der Waals surface area contributed by atoms with Crippen molar-refractivity contribution in [2.75, 3.05) is 47.5 Å². The molecular formula is C78H133NO8P+. The number of hydrogen-bond donors (Lipinski definition) is 1. The van der Waals surface area contributed by atoms with E-state index in [-0.39, 0.29) is 32.0 Å². The Labute approximate surface area is 542 Å². The lowest BCUT2D eigenvalue weighted by atomic mass is 10.0. The Morgan fingerprint density at radius 3 is 0.909 bits per heavy atom. The number of nitrogens with zero attached hydrogens (tertiary/aromatic N) is 1. The molecule has 0 aliphatic carbocycles. The molecule has 0 fully saturated rings. The number of carbonyl (C=O) groups is 2. The molecule has 1 N–H and O–H groups in total. The monoisotopic (exact) mass is 1240 g/mol. The summed E-state index contributed by atoms with van der Waals surface area (Å²) in [7, 11) is 1.46. The van der Waals surface area contributed by atoms with Gasteiger partial charge in [0.05, 0.1) is 27.7 Å². The van der Waals surface area contributed by atoms with Gasteiger partial charge in [-0.3, -0.25) is 18.6 Å². The average Bonchev–Trinajstić information content (AvgIpc) is 3.68. The fourth-order valence-corrected chi connectivity index (χ4v) is 10.2. The summed E-state index contributed by atoms with van der Waals surface area (Å²) < 4.78 is 34.7. The fourth-order valence-electron chi connectivity index (χ4n) is 9.50. The normalized spacial score (nSPS) is 14.0. The Balaban J connectivity index is 4.04. The van der Waals surface area contributed by atoms with Gasteiger partial charge in [-0.05, 0) is 116 Å². The molecule has 0 aromatic heterocycles. The van der Waals surface area contributed by atoms with Gasteiger partial charge in [-0.1, -0.05) is 301 Å². The summed E-state index contributed by atoms with van der Waals surface area (Å²) in [5.74, 6) is -0.814. The van der Waals surface area contributed by atoms with Crippen molar-refractivity contribution in [1.82, 2.24) is 0 Å². The van der Waals surface area contributed by atoms with Crippen molar-refractivity contribution in [3.05, 3.63) is 146 Å². The SMILES string of the molecule is CC/C=C\C/C=C\C/C=C\C/C=C\C/C=C\C/C=C\CCCCCCCCCCCCCCCCCCCCCCC(=O)OC(COC(=O)CCCCCCCC/C=C\C/C=C\C/C=C\C/C=C\C/C=C\C/C=C\CC)COP(=O)(O)OCC[N+](C)(C)C. The van der Waals surface area contributed by atoms with Crippen LogP contribution in [0.1, 0.15) is 284 Å². The minimum absolute atomic E-state index is 0.0236. The number of quaternary nitrogens is 1. The van der Waals surface area contributed by atoms with Gasteiger partial charge >= 0.3 is 19.8 Å². The topological polar surface area (TPSA) is 108 Å². The number of rotatable bonds is 64. The third-order valence-corrected chi connectivity index (χ3v) is 15.8. The zero-order valence-corrected chi connectivity index (χ0v) is 58.1.